The summed E-state index contributed by atoms with van der Waals surface area (Å²) in [5.74, 6) is 1.43. The minimum absolute atomic E-state index is 0.137. The highest BCUT2D eigenvalue weighted by Gasteiger charge is 2.35. The summed E-state index contributed by atoms with van der Waals surface area (Å²) >= 11 is 6.18. The van der Waals surface area contributed by atoms with Crippen LogP contribution in [-0.4, -0.2) is 36.5 Å². The Hall–Kier alpha value is -1.78. The van der Waals surface area contributed by atoms with Gasteiger partial charge in [0.25, 0.3) is 5.91 Å². The van der Waals surface area contributed by atoms with E-state index in [1.165, 1.54) is 12.8 Å². The summed E-state index contributed by atoms with van der Waals surface area (Å²) < 4.78 is 5.72. The molecular weight excluding hydrogens is 312 g/mol. The van der Waals surface area contributed by atoms with Gasteiger partial charge in [0.1, 0.15) is 5.76 Å². The summed E-state index contributed by atoms with van der Waals surface area (Å²) in [7, 11) is 0. The van der Waals surface area contributed by atoms with Gasteiger partial charge in [0.15, 0.2) is 5.76 Å². The molecule has 5 rings (SSSR count). The van der Waals surface area contributed by atoms with Crippen LogP contribution in [0.1, 0.15) is 23.4 Å². The lowest BCUT2D eigenvalue weighted by atomic mass is 9.84. The lowest BCUT2D eigenvalue weighted by Crippen LogP contribution is -2.57. The van der Waals surface area contributed by atoms with Gasteiger partial charge in [-0.25, -0.2) is 0 Å². The quantitative estimate of drug-likeness (QED) is 0.938. The van der Waals surface area contributed by atoms with E-state index >= 15 is 0 Å². The van der Waals surface area contributed by atoms with Gasteiger partial charge in [-0.1, -0.05) is 23.7 Å². The normalized spacial score (nSPS) is 26.2. The van der Waals surface area contributed by atoms with E-state index in [1.807, 2.05) is 24.3 Å². The van der Waals surface area contributed by atoms with Crippen molar-refractivity contribution in [3.8, 4) is 11.3 Å². The molecule has 3 fully saturated rings. The van der Waals surface area contributed by atoms with Crippen LogP contribution >= 0.6 is 11.6 Å². The largest absolute Gasteiger partial charge is 0.451 e. The van der Waals surface area contributed by atoms with Crippen molar-refractivity contribution in [1.29, 1.82) is 0 Å². The first kappa shape index (κ1) is 14.8. The van der Waals surface area contributed by atoms with E-state index in [9.17, 15) is 4.79 Å². The van der Waals surface area contributed by atoms with Crippen LogP contribution in [-0.2, 0) is 0 Å². The minimum Gasteiger partial charge on any atom is -0.451 e. The third kappa shape index (κ3) is 2.89. The highest BCUT2D eigenvalue weighted by atomic mass is 35.5. The van der Waals surface area contributed by atoms with Crippen molar-refractivity contribution in [2.45, 2.75) is 18.9 Å². The van der Waals surface area contributed by atoms with Crippen molar-refractivity contribution in [2.75, 3.05) is 19.6 Å². The van der Waals surface area contributed by atoms with Crippen LogP contribution in [0.3, 0.4) is 0 Å². The molecular formula is C18H19ClN2O2. The van der Waals surface area contributed by atoms with Crippen molar-refractivity contribution in [3.05, 3.63) is 47.2 Å². The maximum Gasteiger partial charge on any atom is 0.287 e. The van der Waals surface area contributed by atoms with Gasteiger partial charge in [0.2, 0.25) is 0 Å². The van der Waals surface area contributed by atoms with E-state index in [4.69, 9.17) is 16.0 Å². The number of piperidine rings is 3. The molecule has 1 atom stereocenters. The molecule has 120 valence electrons. The topological polar surface area (TPSA) is 45.5 Å². The number of nitrogens with zero attached hydrogens (tertiary/aromatic N) is 1. The summed E-state index contributed by atoms with van der Waals surface area (Å²) in [6.07, 6.45) is 2.35. The molecule has 5 heteroatoms. The van der Waals surface area contributed by atoms with Gasteiger partial charge < -0.3 is 14.6 Å². The van der Waals surface area contributed by atoms with E-state index in [0.717, 1.165) is 25.2 Å². The number of carbonyl (C=O) groups is 1. The molecule has 0 radical (unpaired) electrons. The molecule has 4 nitrogen and oxygen atoms in total. The smallest absolute Gasteiger partial charge is 0.287 e. The van der Waals surface area contributed by atoms with Crippen molar-refractivity contribution in [3.63, 3.8) is 0 Å². The van der Waals surface area contributed by atoms with E-state index in [0.29, 0.717) is 22.5 Å². The van der Waals surface area contributed by atoms with Crippen LogP contribution in [0.4, 0.5) is 0 Å². The molecule has 1 aromatic heterocycles. The Labute approximate surface area is 140 Å². The fraction of sp³-hybridized carbons (Fsp3) is 0.389. The van der Waals surface area contributed by atoms with Crippen LogP contribution in [0.2, 0.25) is 5.02 Å². The van der Waals surface area contributed by atoms with Crippen LogP contribution in [0.15, 0.2) is 40.8 Å². The number of amides is 1. The fourth-order valence-corrected chi connectivity index (χ4v) is 3.86. The van der Waals surface area contributed by atoms with Crippen molar-refractivity contribution in [1.82, 2.24) is 10.2 Å². The summed E-state index contributed by atoms with van der Waals surface area (Å²) in [6.45, 7) is 3.28. The SMILES string of the molecule is O=C(N[C@H]1CN2CCC1CC2)c1ccc(-c2ccccc2Cl)o1. The highest BCUT2D eigenvalue weighted by molar-refractivity contribution is 6.33. The van der Waals surface area contributed by atoms with Crippen LogP contribution in [0, 0.1) is 5.92 Å². The molecule has 0 saturated carbocycles. The minimum atomic E-state index is -0.137. The molecule has 0 aliphatic carbocycles. The molecule has 1 N–H and O–H groups in total. The van der Waals surface area contributed by atoms with Gasteiger partial charge >= 0.3 is 0 Å². The first-order chi connectivity index (χ1) is 11.2. The predicted octanol–water partition coefficient (Wildman–Crippen LogP) is 3.42. The van der Waals surface area contributed by atoms with Gasteiger partial charge in [-0.15, -0.1) is 0 Å². The molecule has 2 bridgehead atoms. The third-order valence-electron chi connectivity index (χ3n) is 4.94. The second kappa shape index (κ2) is 6.02. The average molecular weight is 331 g/mol. The number of furan rings is 1. The van der Waals surface area contributed by atoms with Crippen LogP contribution in [0.5, 0.6) is 0 Å². The lowest BCUT2D eigenvalue weighted by molar-refractivity contribution is 0.0606. The van der Waals surface area contributed by atoms with Crippen LogP contribution in [0.25, 0.3) is 11.3 Å². The van der Waals surface area contributed by atoms with E-state index < -0.39 is 0 Å². The average Bonchev–Trinajstić information content (AvgIpc) is 3.06. The van der Waals surface area contributed by atoms with E-state index in [2.05, 4.69) is 10.2 Å². The standard InChI is InChI=1S/C18H19ClN2O2/c19-14-4-2-1-3-13(14)16-5-6-17(23-16)18(22)20-15-11-21-9-7-12(15)8-10-21/h1-6,12,15H,7-11H2,(H,20,22)/t15-/m0/s1. The first-order valence-electron chi connectivity index (χ1n) is 8.08. The molecule has 0 spiro atoms. The Morgan fingerprint density at radius 1 is 1.17 bits per heavy atom. The number of fused-ring (bicyclic) bond motifs is 3. The summed E-state index contributed by atoms with van der Waals surface area (Å²) in [5.41, 5.74) is 0.802. The predicted molar refractivity (Wildman–Crippen MR) is 89.6 cm³/mol. The number of carbonyl (C=O) groups excluding carboxylic acids is 1. The Bertz CT molecular complexity index is 719. The second-order valence-corrected chi connectivity index (χ2v) is 6.77. The van der Waals surface area contributed by atoms with Crippen molar-refractivity contribution < 1.29 is 9.21 Å². The monoisotopic (exact) mass is 330 g/mol. The molecule has 1 aromatic carbocycles. The molecule has 3 saturated heterocycles. The highest BCUT2D eigenvalue weighted by Crippen LogP contribution is 2.30. The number of hydrogen-bond donors (Lipinski definition) is 1. The zero-order valence-electron chi connectivity index (χ0n) is 12.8. The molecule has 3 aliphatic heterocycles. The van der Waals surface area contributed by atoms with Gasteiger partial charge in [0.05, 0.1) is 5.02 Å². The molecule has 0 unspecified atom stereocenters. The van der Waals surface area contributed by atoms with Crippen LogP contribution < -0.4 is 5.32 Å². The fourth-order valence-electron chi connectivity index (χ4n) is 3.63. The van der Waals surface area contributed by atoms with Crippen molar-refractivity contribution >= 4 is 17.5 Å². The summed E-state index contributed by atoms with van der Waals surface area (Å²) in [5, 5.41) is 3.76. The van der Waals surface area contributed by atoms with E-state index in [-0.39, 0.29) is 11.9 Å². The molecule has 23 heavy (non-hydrogen) atoms. The Kier molecular flexibility index (Phi) is 3.87. The van der Waals surface area contributed by atoms with E-state index in [1.54, 1.807) is 12.1 Å². The second-order valence-electron chi connectivity index (χ2n) is 6.36. The Morgan fingerprint density at radius 3 is 2.65 bits per heavy atom. The zero-order chi connectivity index (χ0) is 15.8. The summed E-state index contributed by atoms with van der Waals surface area (Å²) in [4.78, 5) is 14.9. The maximum atomic E-state index is 12.5. The first-order valence-corrected chi connectivity index (χ1v) is 8.46. The molecule has 2 aromatic rings. The number of hydrogen-bond acceptors (Lipinski definition) is 3. The van der Waals surface area contributed by atoms with Crippen molar-refractivity contribution in [2.24, 2.45) is 5.92 Å². The number of rotatable bonds is 3. The maximum absolute atomic E-state index is 12.5. The number of halogens is 1. The number of nitrogens with one attached hydrogen (secondary N) is 1. The number of benzene rings is 1. The van der Waals surface area contributed by atoms with Gasteiger partial charge in [-0.2, -0.15) is 0 Å². The Balaban J connectivity index is 1.48. The zero-order valence-corrected chi connectivity index (χ0v) is 13.6. The van der Waals surface area contributed by atoms with Gasteiger partial charge in [-0.3, -0.25) is 4.79 Å². The summed E-state index contributed by atoms with van der Waals surface area (Å²) in [6, 6.07) is 11.2. The van der Waals surface area contributed by atoms with Gasteiger partial charge in [0, 0.05) is 18.2 Å². The Morgan fingerprint density at radius 2 is 1.96 bits per heavy atom. The molecule has 3 aliphatic rings. The lowest BCUT2D eigenvalue weighted by Gasteiger charge is -2.44. The third-order valence-corrected chi connectivity index (χ3v) is 5.27. The molecule has 1 amide bonds. The molecule has 4 heterocycles. The van der Waals surface area contributed by atoms with Gasteiger partial charge in [-0.05, 0) is 56.1 Å².